The number of rotatable bonds is 3. The molecule has 0 aliphatic heterocycles. The Hall–Kier alpha value is 0.280. The van der Waals surface area contributed by atoms with Gasteiger partial charge in [-0.3, -0.25) is 0 Å². The van der Waals surface area contributed by atoms with Crippen molar-refractivity contribution in [3.63, 3.8) is 0 Å². The predicted molar refractivity (Wildman–Crippen MR) is 39.8 cm³/mol. The van der Waals surface area contributed by atoms with Crippen LogP contribution in [-0.2, 0) is 0 Å². The molecule has 0 fully saturated rings. The second-order valence-corrected chi connectivity index (χ2v) is 2.95. The highest BCUT2D eigenvalue weighted by Gasteiger charge is 2.01. The van der Waals surface area contributed by atoms with E-state index in [1.807, 2.05) is 5.40 Å². The molecule has 0 aromatic heterocycles. The van der Waals surface area contributed by atoms with E-state index in [1.54, 1.807) is 0 Å². The van der Waals surface area contributed by atoms with Gasteiger partial charge in [0, 0.05) is 17.1 Å². The fourth-order valence-corrected chi connectivity index (χ4v) is 1.19. The molecule has 0 heterocycles. The highest BCUT2D eigenvalue weighted by atomic mass is 79.9. The van der Waals surface area contributed by atoms with Gasteiger partial charge in [-0.05, 0) is 11.8 Å². The maximum atomic E-state index is 8.14. The van der Waals surface area contributed by atoms with E-state index < -0.39 is 0 Å². The molecule has 0 aliphatic carbocycles. The van der Waals surface area contributed by atoms with Crippen molar-refractivity contribution in [3.05, 3.63) is 0 Å². The third-order valence-electron chi connectivity index (χ3n) is 0.654. The molecule has 0 aromatic rings. The van der Waals surface area contributed by atoms with Crippen LogP contribution in [0.5, 0.6) is 0 Å². The second-order valence-electron chi connectivity index (χ2n) is 1.22. The first kappa shape index (κ1) is 8.28. The van der Waals surface area contributed by atoms with Crippen molar-refractivity contribution in [2.45, 2.75) is 5.25 Å². The van der Waals surface area contributed by atoms with Gasteiger partial charge in [-0.25, -0.2) is 0 Å². The molecule has 1 atom stereocenters. The molecule has 4 heteroatoms. The Morgan fingerprint density at radius 1 is 1.88 bits per heavy atom. The summed E-state index contributed by atoms with van der Waals surface area (Å²) < 4.78 is 0. The number of halogens is 1. The molecule has 0 saturated carbocycles. The molecule has 2 N–H and O–H groups in total. The standard InChI is InChI=1S/C4H7BrN2S/c5-1-4(2-6)8-3-7/h4H,1-2,6H2. The van der Waals surface area contributed by atoms with E-state index in [1.165, 1.54) is 11.8 Å². The van der Waals surface area contributed by atoms with E-state index in [2.05, 4.69) is 15.9 Å². The number of thioether (sulfide) groups is 1. The molecule has 0 saturated heterocycles. The second kappa shape index (κ2) is 5.42. The fourth-order valence-electron chi connectivity index (χ4n) is 0.217. The smallest absolute Gasteiger partial charge is 0.133 e. The molecule has 0 rings (SSSR count). The lowest BCUT2D eigenvalue weighted by Crippen LogP contribution is -2.17. The van der Waals surface area contributed by atoms with Crippen LogP contribution >= 0.6 is 27.7 Å². The highest BCUT2D eigenvalue weighted by Crippen LogP contribution is 2.08. The van der Waals surface area contributed by atoms with E-state index in [9.17, 15) is 0 Å². The first-order valence-electron chi connectivity index (χ1n) is 2.16. The summed E-state index contributed by atoms with van der Waals surface area (Å²) in [5.74, 6) is 0. The summed E-state index contributed by atoms with van der Waals surface area (Å²) in [5, 5.41) is 11.2. The average Bonchev–Trinajstić information content (AvgIpc) is 1.83. The summed E-state index contributed by atoms with van der Waals surface area (Å²) >= 11 is 4.44. The van der Waals surface area contributed by atoms with Crippen molar-refractivity contribution in [3.8, 4) is 5.40 Å². The van der Waals surface area contributed by atoms with Crippen LogP contribution in [0.1, 0.15) is 0 Å². The Labute approximate surface area is 61.6 Å². The summed E-state index contributed by atoms with van der Waals surface area (Å²) in [7, 11) is 0. The zero-order chi connectivity index (χ0) is 6.41. The number of hydrogen-bond acceptors (Lipinski definition) is 3. The van der Waals surface area contributed by atoms with Crippen LogP contribution in [0.4, 0.5) is 0 Å². The summed E-state index contributed by atoms with van der Waals surface area (Å²) in [5.41, 5.74) is 5.27. The van der Waals surface area contributed by atoms with Crippen molar-refractivity contribution in [1.29, 1.82) is 5.26 Å². The first-order valence-corrected chi connectivity index (χ1v) is 4.16. The molecular weight excluding hydrogens is 188 g/mol. The van der Waals surface area contributed by atoms with Crippen molar-refractivity contribution in [1.82, 2.24) is 0 Å². The topological polar surface area (TPSA) is 49.8 Å². The van der Waals surface area contributed by atoms with Crippen molar-refractivity contribution in [2.75, 3.05) is 11.9 Å². The third kappa shape index (κ3) is 3.30. The number of thiocyanates is 1. The Morgan fingerprint density at radius 3 is 2.62 bits per heavy atom. The number of hydrogen-bond donors (Lipinski definition) is 1. The van der Waals surface area contributed by atoms with Crippen LogP contribution < -0.4 is 5.73 Å². The molecule has 8 heavy (non-hydrogen) atoms. The minimum atomic E-state index is 0.250. The monoisotopic (exact) mass is 194 g/mol. The van der Waals surface area contributed by atoms with Crippen molar-refractivity contribution >= 4 is 27.7 Å². The van der Waals surface area contributed by atoms with E-state index in [4.69, 9.17) is 11.0 Å². The lowest BCUT2D eigenvalue weighted by molar-refractivity contribution is 0.973. The van der Waals surface area contributed by atoms with Gasteiger partial charge in [-0.15, -0.1) is 0 Å². The van der Waals surface area contributed by atoms with Crippen molar-refractivity contribution in [2.24, 2.45) is 5.73 Å². The lowest BCUT2D eigenvalue weighted by atomic mass is 10.5. The molecule has 0 radical (unpaired) electrons. The van der Waals surface area contributed by atoms with Gasteiger partial charge in [-0.1, -0.05) is 15.9 Å². The molecule has 0 bridgehead atoms. The first-order chi connectivity index (χ1) is 3.85. The summed E-state index contributed by atoms with van der Waals surface area (Å²) in [6.45, 7) is 0.559. The van der Waals surface area contributed by atoms with Crippen LogP contribution in [0.3, 0.4) is 0 Å². The maximum absolute atomic E-state index is 8.14. The van der Waals surface area contributed by atoms with Crippen LogP contribution in [0.25, 0.3) is 0 Å². The predicted octanol–water partition coefficient (Wildman–Crippen LogP) is 0.923. The van der Waals surface area contributed by atoms with Gasteiger partial charge in [0.05, 0.1) is 0 Å². The van der Waals surface area contributed by atoms with Crippen LogP contribution in [-0.4, -0.2) is 17.1 Å². The molecular formula is C4H7BrN2S. The Morgan fingerprint density at radius 2 is 2.50 bits per heavy atom. The summed E-state index contributed by atoms with van der Waals surface area (Å²) in [4.78, 5) is 0. The van der Waals surface area contributed by atoms with Gasteiger partial charge in [-0.2, -0.15) is 5.26 Å². The zero-order valence-corrected chi connectivity index (χ0v) is 6.70. The Balaban J connectivity index is 3.25. The maximum Gasteiger partial charge on any atom is 0.133 e. The van der Waals surface area contributed by atoms with Gasteiger partial charge in [0.2, 0.25) is 0 Å². The lowest BCUT2D eigenvalue weighted by Gasteiger charge is -2.01. The molecule has 46 valence electrons. The van der Waals surface area contributed by atoms with Gasteiger partial charge < -0.3 is 5.73 Å². The van der Waals surface area contributed by atoms with Crippen LogP contribution in [0.15, 0.2) is 0 Å². The van der Waals surface area contributed by atoms with E-state index in [0.29, 0.717) is 6.54 Å². The van der Waals surface area contributed by atoms with E-state index >= 15 is 0 Å². The number of nitrogens with two attached hydrogens (primary N) is 1. The largest absolute Gasteiger partial charge is 0.329 e. The quantitative estimate of drug-likeness (QED) is 0.538. The molecule has 0 aromatic carbocycles. The summed E-state index contributed by atoms with van der Waals surface area (Å²) in [6, 6.07) is 0. The highest BCUT2D eigenvalue weighted by molar-refractivity contribution is 9.09. The Kier molecular flexibility index (Phi) is 5.61. The zero-order valence-electron chi connectivity index (χ0n) is 4.30. The number of nitriles is 1. The molecule has 2 nitrogen and oxygen atoms in total. The molecule has 0 spiro atoms. The van der Waals surface area contributed by atoms with Gasteiger partial charge in [0.1, 0.15) is 5.40 Å². The van der Waals surface area contributed by atoms with Gasteiger partial charge in [0.25, 0.3) is 0 Å². The number of alkyl halides is 1. The van der Waals surface area contributed by atoms with Crippen LogP contribution in [0.2, 0.25) is 0 Å². The normalized spacial score (nSPS) is 12.6. The number of nitrogens with zero attached hydrogens (tertiary/aromatic N) is 1. The van der Waals surface area contributed by atoms with Gasteiger partial charge in [0.15, 0.2) is 0 Å². The average molecular weight is 195 g/mol. The molecule has 0 amide bonds. The minimum absolute atomic E-state index is 0.250. The van der Waals surface area contributed by atoms with E-state index in [-0.39, 0.29) is 5.25 Å². The molecule has 1 unspecified atom stereocenters. The Bertz CT molecular complexity index is 86.5. The SMILES string of the molecule is N#CSC(CN)CBr. The van der Waals surface area contributed by atoms with Gasteiger partial charge >= 0.3 is 0 Å². The molecule has 0 aliphatic rings. The van der Waals surface area contributed by atoms with Crippen LogP contribution in [0, 0.1) is 10.7 Å². The van der Waals surface area contributed by atoms with Crippen molar-refractivity contribution < 1.29 is 0 Å². The third-order valence-corrected chi connectivity index (χ3v) is 2.66. The van der Waals surface area contributed by atoms with E-state index in [0.717, 1.165) is 5.33 Å². The fraction of sp³-hybridized carbons (Fsp3) is 0.750. The minimum Gasteiger partial charge on any atom is -0.329 e. The summed E-state index contributed by atoms with van der Waals surface area (Å²) in [6.07, 6.45) is 0.